The van der Waals surface area contributed by atoms with Gasteiger partial charge in [-0.05, 0) is 6.92 Å². The molecule has 0 saturated carbocycles. The van der Waals surface area contributed by atoms with Crippen LogP contribution in [0.4, 0.5) is 0 Å². The second-order valence-corrected chi connectivity index (χ2v) is 2.53. The molecule has 0 bridgehead atoms. The Labute approximate surface area is 63.1 Å². The third kappa shape index (κ3) is 3.51. The van der Waals surface area contributed by atoms with Gasteiger partial charge in [0.2, 0.25) is 6.54 Å². The molecule has 0 spiro atoms. The molecule has 0 aromatic rings. The van der Waals surface area contributed by atoms with E-state index >= 15 is 0 Å². The SMILES string of the molecule is C[C@@](N)(CC[N+](=O)[O-])C(=O)O. The molecule has 0 fully saturated rings. The quantitative estimate of drug-likeness (QED) is 0.426. The van der Waals surface area contributed by atoms with Crippen molar-refractivity contribution < 1.29 is 14.8 Å². The van der Waals surface area contributed by atoms with Crippen LogP contribution in [0.3, 0.4) is 0 Å². The van der Waals surface area contributed by atoms with Crippen LogP contribution in [0.15, 0.2) is 0 Å². The predicted octanol–water partition coefficient (Wildman–Crippen LogP) is -0.545. The molecule has 3 N–H and O–H groups in total. The molecule has 0 aromatic carbocycles. The van der Waals surface area contributed by atoms with Crippen molar-refractivity contribution >= 4 is 5.97 Å². The summed E-state index contributed by atoms with van der Waals surface area (Å²) >= 11 is 0. The van der Waals surface area contributed by atoms with Crippen molar-refractivity contribution in [3.8, 4) is 0 Å². The van der Waals surface area contributed by atoms with E-state index in [0.29, 0.717) is 0 Å². The van der Waals surface area contributed by atoms with Gasteiger partial charge in [-0.2, -0.15) is 0 Å². The summed E-state index contributed by atoms with van der Waals surface area (Å²) in [5, 5.41) is 18.2. The maximum atomic E-state index is 10.3. The summed E-state index contributed by atoms with van der Waals surface area (Å²) in [4.78, 5) is 19.5. The van der Waals surface area contributed by atoms with E-state index in [4.69, 9.17) is 10.8 Å². The highest BCUT2D eigenvalue weighted by Gasteiger charge is 2.29. The Hall–Kier alpha value is -1.17. The van der Waals surface area contributed by atoms with E-state index in [0.717, 1.165) is 0 Å². The van der Waals surface area contributed by atoms with E-state index in [-0.39, 0.29) is 6.42 Å². The highest BCUT2D eigenvalue weighted by atomic mass is 16.6. The van der Waals surface area contributed by atoms with Crippen LogP contribution >= 0.6 is 0 Å². The average Bonchev–Trinajstić information content (AvgIpc) is 1.84. The molecule has 6 heteroatoms. The Balaban J connectivity index is 3.92. The molecule has 1 atom stereocenters. The van der Waals surface area contributed by atoms with Crippen molar-refractivity contribution in [1.82, 2.24) is 0 Å². The monoisotopic (exact) mass is 162 g/mol. The van der Waals surface area contributed by atoms with Crippen LogP contribution in [-0.2, 0) is 4.79 Å². The normalized spacial score (nSPS) is 15.5. The summed E-state index contributed by atoms with van der Waals surface area (Å²) < 4.78 is 0. The zero-order valence-electron chi connectivity index (χ0n) is 6.11. The number of hydrogen-bond donors (Lipinski definition) is 2. The van der Waals surface area contributed by atoms with E-state index in [1.165, 1.54) is 6.92 Å². The number of rotatable bonds is 4. The van der Waals surface area contributed by atoms with Gasteiger partial charge in [-0.15, -0.1) is 0 Å². The van der Waals surface area contributed by atoms with Gasteiger partial charge in [0.15, 0.2) is 0 Å². The number of nitrogens with two attached hydrogens (primary N) is 1. The maximum absolute atomic E-state index is 10.3. The van der Waals surface area contributed by atoms with Crippen LogP contribution in [-0.4, -0.2) is 28.1 Å². The van der Waals surface area contributed by atoms with Crippen molar-refractivity contribution in [1.29, 1.82) is 0 Å². The standard InChI is InChI=1S/C5H10N2O4/c1-5(6,4(8)9)2-3-7(10)11/h2-3,6H2,1H3,(H,8,9)/t5-/m1/s1. The first-order valence-electron chi connectivity index (χ1n) is 3.00. The number of aliphatic carboxylic acids is 1. The van der Waals surface area contributed by atoms with Gasteiger partial charge >= 0.3 is 5.97 Å². The molecule has 6 nitrogen and oxygen atoms in total. The lowest BCUT2D eigenvalue weighted by molar-refractivity contribution is -0.481. The lowest BCUT2D eigenvalue weighted by atomic mass is 10.0. The third-order valence-electron chi connectivity index (χ3n) is 1.30. The largest absolute Gasteiger partial charge is 0.480 e. The maximum Gasteiger partial charge on any atom is 0.323 e. The average molecular weight is 162 g/mol. The van der Waals surface area contributed by atoms with Crippen LogP contribution in [0.2, 0.25) is 0 Å². The lowest BCUT2D eigenvalue weighted by Gasteiger charge is -2.15. The fourth-order valence-corrected chi connectivity index (χ4v) is 0.430. The topological polar surface area (TPSA) is 106 Å². The van der Waals surface area contributed by atoms with Gasteiger partial charge in [0.05, 0.1) is 0 Å². The molecule has 0 heterocycles. The Morgan fingerprint density at radius 2 is 2.27 bits per heavy atom. The van der Waals surface area contributed by atoms with Gasteiger partial charge < -0.3 is 10.8 Å². The summed E-state index contributed by atoms with van der Waals surface area (Å²) in [5.41, 5.74) is 3.71. The number of carboxylic acid groups (broad SMARTS) is 1. The molecule has 0 unspecified atom stereocenters. The van der Waals surface area contributed by atoms with Crippen LogP contribution < -0.4 is 5.73 Å². The smallest absolute Gasteiger partial charge is 0.323 e. The van der Waals surface area contributed by atoms with Crippen molar-refractivity contribution in [3.05, 3.63) is 10.1 Å². The number of hydrogen-bond acceptors (Lipinski definition) is 4. The molecule has 0 aliphatic heterocycles. The van der Waals surface area contributed by atoms with E-state index in [1.54, 1.807) is 0 Å². The zero-order valence-corrected chi connectivity index (χ0v) is 6.11. The lowest BCUT2D eigenvalue weighted by Crippen LogP contribution is -2.46. The van der Waals surface area contributed by atoms with Gasteiger partial charge in [-0.3, -0.25) is 14.9 Å². The molecule has 0 saturated heterocycles. The first kappa shape index (κ1) is 9.83. The van der Waals surface area contributed by atoms with Crippen LogP contribution in [0.25, 0.3) is 0 Å². The summed E-state index contributed by atoms with van der Waals surface area (Å²) in [6.45, 7) is 0.831. The Bertz CT molecular complexity index is 177. The number of nitrogens with zero attached hydrogens (tertiary/aromatic N) is 1. The van der Waals surface area contributed by atoms with Gasteiger partial charge in [0.25, 0.3) is 0 Å². The molecule has 64 valence electrons. The number of carboxylic acids is 1. The molecule has 11 heavy (non-hydrogen) atoms. The Morgan fingerprint density at radius 1 is 1.82 bits per heavy atom. The van der Waals surface area contributed by atoms with Crippen molar-refractivity contribution in [2.75, 3.05) is 6.54 Å². The minimum Gasteiger partial charge on any atom is -0.480 e. The highest BCUT2D eigenvalue weighted by molar-refractivity contribution is 5.77. The summed E-state index contributed by atoms with van der Waals surface area (Å²) in [7, 11) is 0. The van der Waals surface area contributed by atoms with E-state index in [1.807, 2.05) is 0 Å². The van der Waals surface area contributed by atoms with E-state index in [2.05, 4.69) is 0 Å². The fourth-order valence-electron chi connectivity index (χ4n) is 0.430. The van der Waals surface area contributed by atoms with Crippen LogP contribution in [0, 0.1) is 10.1 Å². The van der Waals surface area contributed by atoms with Gasteiger partial charge in [-0.25, -0.2) is 0 Å². The van der Waals surface area contributed by atoms with Crippen molar-refractivity contribution in [3.63, 3.8) is 0 Å². The summed E-state index contributed by atoms with van der Waals surface area (Å²) in [6, 6.07) is 0. The molecule has 0 radical (unpaired) electrons. The molecule has 0 aliphatic carbocycles. The first-order valence-corrected chi connectivity index (χ1v) is 3.00. The van der Waals surface area contributed by atoms with Crippen molar-refractivity contribution in [2.45, 2.75) is 18.9 Å². The highest BCUT2D eigenvalue weighted by Crippen LogP contribution is 2.04. The van der Waals surface area contributed by atoms with Gasteiger partial charge in [0, 0.05) is 11.3 Å². The molecular formula is C5H10N2O4. The van der Waals surface area contributed by atoms with E-state index in [9.17, 15) is 14.9 Å². The Kier molecular flexibility index (Phi) is 2.94. The molecule has 0 amide bonds. The summed E-state index contributed by atoms with van der Waals surface area (Å²) in [6.07, 6.45) is -0.157. The first-order chi connectivity index (χ1) is 4.86. The molecule has 0 rings (SSSR count). The third-order valence-corrected chi connectivity index (χ3v) is 1.30. The molecule has 0 aliphatic rings. The van der Waals surface area contributed by atoms with Crippen molar-refractivity contribution in [2.24, 2.45) is 5.73 Å². The van der Waals surface area contributed by atoms with Gasteiger partial charge in [-0.1, -0.05) is 0 Å². The minimum atomic E-state index is -1.49. The van der Waals surface area contributed by atoms with Crippen LogP contribution in [0.1, 0.15) is 13.3 Å². The molecular weight excluding hydrogens is 152 g/mol. The zero-order chi connectivity index (χ0) is 9.07. The number of nitro groups is 1. The number of carbonyl (C=O) groups is 1. The fraction of sp³-hybridized carbons (Fsp3) is 0.800. The Morgan fingerprint density at radius 3 is 2.55 bits per heavy atom. The van der Waals surface area contributed by atoms with Crippen LogP contribution in [0.5, 0.6) is 0 Å². The second-order valence-electron chi connectivity index (χ2n) is 2.53. The van der Waals surface area contributed by atoms with Gasteiger partial charge in [0.1, 0.15) is 5.54 Å². The predicted molar refractivity (Wildman–Crippen MR) is 36.7 cm³/mol. The molecule has 0 aromatic heterocycles. The second kappa shape index (κ2) is 3.29. The van der Waals surface area contributed by atoms with E-state index < -0.39 is 23.0 Å². The summed E-state index contributed by atoms with van der Waals surface area (Å²) in [5.74, 6) is -1.22. The minimum absolute atomic E-state index is 0.157.